The lowest BCUT2D eigenvalue weighted by atomic mass is 10.0. The molecule has 0 aliphatic heterocycles. The molecule has 0 saturated heterocycles. The number of aliphatic carboxylic acids is 1. The molecule has 1 aromatic carbocycles. The Labute approximate surface area is 111 Å². The van der Waals surface area contributed by atoms with Crippen LogP contribution in [-0.4, -0.2) is 27.1 Å². The van der Waals surface area contributed by atoms with Crippen molar-refractivity contribution in [3.8, 4) is 11.5 Å². The van der Waals surface area contributed by atoms with Crippen molar-refractivity contribution >= 4 is 11.8 Å². The molecule has 0 heterocycles. The van der Waals surface area contributed by atoms with E-state index in [4.69, 9.17) is 10.2 Å². The SMILES string of the molecule is O=C(O)CCCCCCC(=O)c1ccc(O)c(O)c1. The number of carboxylic acid groups (broad SMARTS) is 1. The van der Waals surface area contributed by atoms with Gasteiger partial charge in [-0.2, -0.15) is 0 Å². The maximum absolute atomic E-state index is 11.8. The first-order valence-electron chi connectivity index (χ1n) is 6.27. The lowest BCUT2D eigenvalue weighted by Crippen LogP contribution is -1.99. The maximum atomic E-state index is 11.8. The average molecular weight is 266 g/mol. The molecule has 0 amide bonds. The first-order valence-corrected chi connectivity index (χ1v) is 6.27. The number of ketones is 1. The zero-order valence-electron chi connectivity index (χ0n) is 10.6. The highest BCUT2D eigenvalue weighted by atomic mass is 16.4. The minimum atomic E-state index is -0.796. The molecule has 0 aliphatic rings. The molecule has 1 rings (SSSR count). The fourth-order valence-corrected chi connectivity index (χ4v) is 1.76. The molecule has 5 heteroatoms. The van der Waals surface area contributed by atoms with Crippen LogP contribution in [0.25, 0.3) is 0 Å². The van der Waals surface area contributed by atoms with E-state index in [0.29, 0.717) is 24.8 Å². The highest BCUT2D eigenvalue weighted by Crippen LogP contribution is 2.25. The number of hydrogen-bond acceptors (Lipinski definition) is 4. The van der Waals surface area contributed by atoms with Crippen LogP contribution in [0.15, 0.2) is 18.2 Å². The number of Topliss-reactive ketones (excluding diaryl/α,β-unsaturated/α-hetero) is 1. The topological polar surface area (TPSA) is 94.8 Å². The first kappa shape index (κ1) is 15.0. The lowest BCUT2D eigenvalue weighted by molar-refractivity contribution is -0.137. The summed E-state index contributed by atoms with van der Waals surface area (Å²) in [5.74, 6) is -1.43. The fraction of sp³-hybridized carbons (Fsp3) is 0.429. The van der Waals surface area contributed by atoms with Gasteiger partial charge in [-0.15, -0.1) is 0 Å². The summed E-state index contributed by atoms with van der Waals surface area (Å²) in [5, 5.41) is 26.9. The molecule has 0 spiro atoms. The van der Waals surface area contributed by atoms with E-state index in [1.165, 1.54) is 18.2 Å². The van der Waals surface area contributed by atoms with E-state index in [0.717, 1.165) is 12.8 Å². The van der Waals surface area contributed by atoms with Crippen molar-refractivity contribution in [1.82, 2.24) is 0 Å². The maximum Gasteiger partial charge on any atom is 0.303 e. The van der Waals surface area contributed by atoms with Gasteiger partial charge in [-0.3, -0.25) is 9.59 Å². The normalized spacial score (nSPS) is 10.3. The van der Waals surface area contributed by atoms with Gasteiger partial charge in [0.05, 0.1) is 0 Å². The molecule has 0 fully saturated rings. The number of unbranched alkanes of at least 4 members (excludes halogenated alkanes) is 3. The van der Waals surface area contributed by atoms with Gasteiger partial charge in [-0.25, -0.2) is 0 Å². The zero-order valence-corrected chi connectivity index (χ0v) is 10.6. The molecule has 0 radical (unpaired) electrons. The van der Waals surface area contributed by atoms with Gasteiger partial charge in [0, 0.05) is 18.4 Å². The van der Waals surface area contributed by atoms with Crippen molar-refractivity contribution in [3.05, 3.63) is 23.8 Å². The van der Waals surface area contributed by atoms with Crippen molar-refractivity contribution < 1.29 is 24.9 Å². The molecule has 3 N–H and O–H groups in total. The van der Waals surface area contributed by atoms with Gasteiger partial charge in [0.1, 0.15) is 0 Å². The van der Waals surface area contributed by atoms with Crippen LogP contribution in [0, 0.1) is 0 Å². The molecule has 1 aromatic rings. The Hall–Kier alpha value is -2.04. The van der Waals surface area contributed by atoms with Crippen LogP contribution in [-0.2, 0) is 4.79 Å². The van der Waals surface area contributed by atoms with E-state index >= 15 is 0 Å². The Balaban J connectivity index is 2.27. The van der Waals surface area contributed by atoms with Gasteiger partial charge in [-0.1, -0.05) is 12.8 Å². The minimum absolute atomic E-state index is 0.0893. The number of aromatic hydroxyl groups is 2. The van der Waals surface area contributed by atoms with E-state index in [2.05, 4.69) is 0 Å². The van der Waals surface area contributed by atoms with Crippen molar-refractivity contribution in [1.29, 1.82) is 0 Å². The summed E-state index contributed by atoms with van der Waals surface area (Å²) >= 11 is 0. The van der Waals surface area contributed by atoms with Crippen LogP contribution >= 0.6 is 0 Å². The monoisotopic (exact) mass is 266 g/mol. The number of benzene rings is 1. The number of carbonyl (C=O) groups is 2. The minimum Gasteiger partial charge on any atom is -0.504 e. The van der Waals surface area contributed by atoms with Crippen molar-refractivity contribution in [3.63, 3.8) is 0 Å². The average Bonchev–Trinajstić information content (AvgIpc) is 2.36. The summed E-state index contributed by atoms with van der Waals surface area (Å²) in [6, 6.07) is 4.01. The Bertz CT molecular complexity index is 453. The van der Waals surface area contributed by atoms with Crippen LogP contribution in [0.2, 0.25) is 0 Å². The number of carboxylic acids is 1. The summed E-state index contributed by atoms with van der Waals surface area (Å²) in [4.78, 5) is 22.0. The van der Waals surface area contributed by atoms with Gasteiger partial charge in [-0.05, 0) is 31.0 Å². The standard InChI is InChI=1S/C14H18O5/c15-11(5-3-1-2-4-6-14(18)19)10-7-8-12(16)13(17)9-10/h7-9,16-17H,1-6H2,(H,18,19). The number of phenols is 2. The van der Waals surface area contributed by atoms with Crippen LogP contribution < -0.4 is 0 Å². The second-order valence-electron chi connectivity index (χ2n) is 4.43. The molecular weight excluding hydrogens is 248 g/mol. The van der Waals surface area contributed by atoms with Crippen LogP contribution in [0.1, 0.15) is 48.9 Å². The van der Waals surface area contributed by atoms with Crippen LogP contribution in [0.4, 0.5) is 0 Å². The number of phenolic OH excluding ortho intramolecular Hbond substituents is 2. The van der Waals surface area contributed by atoms with E-state index < -0.39 is 5.97 Å². The second-order valence-corrected chi connectivity index (χ2v) is 4.43. The fourth-order valence-electron chi connectivity index (χ4n) is 1.76. The number of hydrogen-bond donors (Lipinski definition) is 3. The molecule has 19 heavy (non-hydrogen) atoms. The number of rotatable bonds is 8. The van der Waals surface area contributed by atoms with E-state index in [9.17, 15) is 14.7 Å². The van der Waals surface area contributed by atoms with Crippen molar-refractivity contribution in [2.45, 2.75) is 38.5 Å². The molecule has 104 valence electrons. The summed E-state index contributed by atoms with van der Waals surface area (Å²) in [6.07, 6.45) is 3.45. The Morgan fingerprint density at radius 3 is 2.11 bits per heavy atom. The summed E-state index contributed by atoms with van der Waals surface area (Å²) in [6.45, 7) is 0. The van der Waals surface area contributed by atoms with Crippen molar-refractivity contribution in [2.24, 2.45) is 0 Å². The molecule has 0 saturated carbocycles. The zero-order chi connectivity index (χ0) is 14.3. The summed E-state index contributed by atoms with van der Waals surface area (Å²) < 4.78 is 0. The summed E-state index contributed by atoms with van der Waals surface area (Å²) in [5.41, 5.74) is 0.376. The number of carbonyl (C=O) groups excluding carboxylic acids is 1. The molecule has 0 atom stereocenters. The largest absolute Gasteiger partial charge is 0.504 e. The first-order chi connectivity index (χ1) is 9.00. The highest BCUT2D eigenvalue weighted by Gasteiger charge is 2.08. The van der Waals surface area contributed by atoms with Crippen LogP contribution in [0.5, 0.6) is 11.5 Å². The molecule has 0 aliphatic carbocycles. The van der Waals surface area contributed by atoms with Crippen LogP contribution in [0.3, 0.4) is 0 Å². The van der Waals surface area contributed by atoms with E-state index in [1.54, 1.807) is 0 Å². The highest BCUT2D eigenvalue weighted by molar-refractivity contribution is 5.96. The second kappa shape index (κ2) is 7.41. The molecular formula is C14H18O5. The van der Waals surface area contributed by atoms with E-state index in [-0.39, 0.29) is 23.7 Å². The van der Waals surface area contributed by atoms with E-state index in [1.807, 2.05) is 0 Å². The third-order valence-electron chi connectivity index (χ3n) is 2.84. The predicted molar refractivity (Wildman–Crippen MR) is 69.4 cm³/mol. The van der Waals surface area contributed by atoms with Gasteiger partial charge < -0.3 is 15.3 Å². The Morgan fingerprint density at radius 1 is 0.895 bits per heavy atom. The molecule has 0 bridgehead atoms. The third-order valence-corrected chi connectivity index (χ3v) is 2.84. The summed E-state index contributed by atoms with van der Waals surface area (Å²) in [7, 11) is 0. The Morgan fingerprint density at radius 2 is 1.53 bits per heavy atom. The lowest BCUT2D eigenvalue weighted by Gasteiger charge is -2.03. The molecule has 0 aromatic heterocycles. The quantitative estimate of drug-likeness (QED) is 0.382. The Kier molecular flexibility index (Phi) is 5.85. The predicted octanol–water partition coefficient (Wildman–Crippen LogP) is 2.71. The van der Waals surface area contributed by atoms with Gasteiger partial charge in [0.2, 0.25) is 0 Å². The van der Waals surface area contributed by atoms with Gasteiger partial charge >= 0.3 is 5.97 Å². The molecule has 5 nitrogen and oxygen atoms in total. The third kappa shape index (κ3) is 5.42. The van der Waals surface area contributed by atoms with Gasteiger partial charge in [0.15, 0.2) is 17.3 Å². The molecule has 0 unspecified atom stereocenters. The van der Waals surface area contributed by atoms with Gasteiger partial charge in [0.25, 0.3) is 0 Å². The van der Waals surface area contributed by atoms with Crippen molar-refractivity contribution in [2.75, 3.05) is 0 Å². The smallest absolute Gasteiger partial charge is 0.303 e.